The minimum Gasteiger partial charge on any atom is -0.481 e. The van der Waals surface area contributed by atoms with Crippen molar-refractivity contribution < 1.29 is 9.90 Å². The third kappa shape index (κ3) is 15.6. The van der Waals surface area contributed by atoms with Crippen molar-refractivity contribution in [3.63, 3.8) is 0 Å². The van der Waals surface area contributed by atoms with Gasteiger partial charge in [-0.15, -0.1) is 0 Å². The van der Waals surface area contributed by atoms with Gasteiger partial charge in [0.15, 0.2) is 0 Å². The Morgan fingerprint density at radius 1 is 0.783 bits per heavy atom. The van der Waals surface area contributed by atoms with E-state index in [1.54, 1.807) is 0 Å². The fourth-order valence-electron chi connectivity index (χ4n) is 2.77. The number of unbranched alkanes of at least 4 members (excludes halogenated alkanes) is 7. The number of aliphatic carboxylic acids is 1. The first-order chi connectivity index (χ1) is 11.2. The lowest BCUT2D eigenvalue weighted by atomic mass is 9.96. The second kappa shape index (κ2) is 17.3. The molecule has 0 aliphatic rings. The van der Waals surface area contributed by atoms with Crippen LogP contribution in [0.3, 0.4) is 0 Å². The lowest BCUT2D eigenvalue weighted by Gasteiger charge is -2.10. The monoisotopic (exact) mass is 322 g/mol. The van der Waals surface area contributed by atoms with Crippen LogP contribution in [0.1, 0.15) is 97.3 Å². The number of hydrogen-bond donors (Lipinski definition) is 1. The molecule has 0 rings (SSSR count). The maximum absolute atomic E-state index is 11.0. The van der Waals surface area contributed by atoms with Crippen LogP contribution in [0.2, 0.25) is 0 Å². The molecule has 0 heterocycles. The summed E-state index contributed by atoms with van der Waals surface area (Å²) < 4.78 is 0. The predicted molar refractivity (Wildman–Crippen MR) is 101 cm³/mol. The number of carbonyl (C=O) groups is 1. The van der Waals surface area contributed by atoms with E-state index in [1.165, 1.54) is 44.9 Å². The zero-order valence-corrected chi connectivity index (χ0v) is 15.4. The van der Waals surface area contributed by atoms with Crippen LogP contribution in [0.25, 0.3) is 0 Å². The van der Waals surface area contributed by atoms with Crippen LogP contribution in [0.5, 0.6) is 0 Å². The number of hydrogen-bond acceptors (Lipinski definition) is 1. The number of carboxylic acid groups (broad SMARTS) is 1. The van der Waals surface area contributed by atoms with Gasteiger partial charge in [-0.05, 0) is 44.9 Å². The molecule has 0 aliphatic heterocycles. The fraction of sp³-hybridized carbons (Fsp3) is 0.762. The Bertz CT molecular complexity index is 318. The lowest BCUT2D eigenvalue weighted by Crippen LogP contribution is -2.13. The highest BCUT2D eigenvalue weighted by atomic mass is 16.4. The third-order valence-corrected chi connectivity index (χ3v) is 4.24. The van der Waals surface area contributed by atoms with E-state index in [2.05, 4.69) is 38.2 Å². The largest absolute Gasteiger partial charge is 0.481 e. The standard InChI is InChI=1S/C21H38O2/c1-3-5-6-7-8-9-10-11-12-13-14-15-16-17-19-20(18-4-2)21(22)23/h8-9,11-12,20H,3-7,10,13-19H2,1-2H3,(H,22,23). The molecule has 0 saturated carbocycles. The lowest BCUT2D eigenvalue weighted by molar-refractivity contribution is -0.142. The van der Waals surface area contributed by atoms with Crippen molar-refractivity contribution in [1.29, 1.82) is 0 Å². The van der Waals surface area contributed by atoms with Gasteiger partial charge in [0.1, 0.15) is 0 Å². The van der Waals surface area contributed by atoms with Crippen molar-refractivity contribution in [2.75, 3.05) is 0 Å². The normalized spacial score (nSPS) is 13.1. The highest BCUT2D eigenvalue weighted by molar-refractivity contribution is 5.69. The molecule has 1 unspecified atom stereocenters. The molecule has 0 fully saturated rings. The van der Waals surface area contributed by atoms with E-state index in [0.29, 0.717) is 0 Å². The number of rotatable bonds is 16. The van der Waals surface area contributed by atoms with Crippen molar-refractivity contribution in [1.82, 2.24) is 0 Å². The average molecular weight is 323 g/mol. The summed E-state index contributed by atoms with van der Waals surface area (Å²) in [4.78, 5) is 11.0. The van der Waals surface area contributed by atoms with Gasteiger partial charge in [-0.2, -0.15) is 0 Å². The van der Waals surface area contributed by atoms with Gasteiger partial charge in [-0.3, -0.25) is 4.79 Å². The van der Waals surface area contributed by atoms with E-state index in [1.807, 2.05) is 0 Å². The molecule has 134 valence electrons. The van der Waals surface area contributed by atoms with Crippen molar-refractivity contribution in [2.24, 2.45) is 5.92 Å². The fourth-order valence-corrected chi connectivity index (χ4v) is 2.77. The Kier molecular flexibility index (Phi) is 16.5. The minimum absolute atomic E-state index is 0.121. The van der Waals surface area contributed by atoms with Crippen LogP contribution in [0.4, 0.5) is 0 Å². The first-order valence-corrected chi connectivity index (χ1v) is 9.75. The summed E-state index contributed by atoms with van der Waals surface area (Å²) in [7, 11) is 0. The number of carboxylic acids is 1. The van der Waals surface area contributed by atoms with E-state index < -0.39 is 5.97 Å². The quantitative estimate of drug-likeness (QED) is 0.247. The molecule has 2 heteroatoms. The Morgan fingerprint density at radius 2 is 1.39 bits per heavy atom. The summed E-state index contributed by atoms with van der Waals surface area (Å²) in [5, 5.41) is 9.09. The highest BCUT2D eigenvalue weighted by Crippen LogP contribution is 2.16. The summed E-state index contributed by atoms with van der Waals surface area (Å²) in [5.41, 5.74) is 0. The third-order valence-electron chi connectivity index (χ3n) is 4.24. The van der Waals surface area contributed by atoms with Crippen LogP contribution < -0.4 is 0 Å². The summed E-state index contributed by atoms with van der Waals surface area (Å²) in [6.45, 7) is 4.30. The number of allylic oxidation sites excluding steroid dienone is 4. The molecule has 2 nitrogen and oxygen atoms in total. The van der Waals surface area contributed by atoms with E-state index in [-0.39, 0.29) is 5.92 Å². The smallest absolute Gasteiger partial charge is 0.306 e. The van der Waals surface area contributed by atoms with Crippen molar-refractivity contribution in [3.8, 4) is 0 Å². The van der Waals surface area contributed by atoms with Crippen LogP contribution in [0.15, 0.2) is 24.3 Å². The molecule has 1 atom stereocenters. The van der Waals surface area contributed by atoms with E-state index >= 15 is 0 Å². The van der Waals surface area contributed by atoms with Gasteiger partial charge < -0.3 is 5.11 Å². The summed E-state index contributed by atoms with van der Waals surface area (Å²) in [5.74, 6) is -0.735. The van der Waals surface area contributed by atoms with Crippen LogP contribution in [-0.2, 0) is 4.79 Å². The minimum atomic E-state index is -0.613. The predicted octanol–water partition coefficient (Wildman–Crippen LogP) is 6.91. The maximum atomic E-state index is 11.0. The summed E-state index contributed by atoms with van der Waals surface area (Å²) >= 11 is 0. The molecule has 0 spiro atoms. The molecule has 0 bridgehead atoms. The van der Waals surface area contributed by atoms with Gasteiger partial charge >= 0.3 is 5.97 Å². The highest BCUT2D eigenvalue weighted by Gasteiger charge is 2.14. The topological polar surface area (TPSA) is 37.3 Å². The molecule has 0 radical (unpaired) electrons. The Labute approximate surface area is 144 Å². The second-order valence-electron chi connectivity index (χ2n) is 6.49. The summed E-state index contributed by atoms with van der Waals surface area (Å²) in [6.07, 6.45) is 23.8. The Hall–Kier alpha value is -1.05. The average Bonchev–Trinajstić information content (AvgIpc) is 2.54. The molecule has 0 aromatic heterocycles. The van der Waals surface area contributed by atoms with E-state index in [4.69, 9.17) is 5.11 Å². The molecular weight excluding hydrogens is 284 g/mol. The molecule has 0 aromatic rings. The van der Waals surface area contributed by atoms with Gasteiger partial charge in [-0.25, -0.2) is 0 Å². The van der Waals surface area contributed by atoms with Crippen molar-refractivity contribution in [3.05, 3.63) is 24.3 Å². The molecule has 0 saturated heterocycles. The molecule has 0 aliphatic carbocycles. The maximum Gasteiger partial charge on any atom is 0.306 e. The van der Waals surface area contributed by atoms with Crippen LogP contribution >= 0.6 is 0 Å². The van der Waals surface area contributed by atoms with Gasteiger partial charge in [0, 0.05) is 0 Å². The van der Waals surface area contributed by atoms with Gasteiger partial charge in [0.05, 0.1) is 5.92 Å². The second-order valence-corrected chi connectivity index (χ2v) is 6.49. The molecule has 23 heavy (non-hydrogen) atoms. The van der Waals surface area contributed by atoms with Crippen LogP contribution in [-0.4, -0.2) is 11.1 Å². The first kappa shape index (κ1) is 21.9. The van der Waals surface area contributed by atoms with E-state index in [0.717, 1.165) is 38.5 Å². The molecule has 0 amide bonds. The SMILES string of the molecule is CCCCCC=CCC=CCCCCCCC(CCC)C(=O)O. The summed E-state index contributed by atoms with van der Waals surface area (Å²) in [6, 6.07) is 0. The van der Waals surface area contributed by atoms with Crippen LogP contribution in [0, 0.1) is 5.92 Å². The van der Waals surface area contributed by atoms with Gasteiger partial charge in [0.2, 0.25) is 0 Å². The first-order valence-electron chi connectivity index (χ1n) is 9.75. The Morgan fingerprint density at radius 3 is 1.96 bits per heavy atom. The Balaban J connectivity index is 3.41. The molecular formula is C21H38O2. The van der Waals surface area contributed by atoms with E-state index in [9.17, 15) is 4.79 Å². The molecule has 0 aromatic carbocycles. The van der Waals surface area contributed by atoms with Gasteiger partial charge in [-0.1, -0.05) is 76.7 Å². The van der Waals surface area contributed by atoms with Crippen molar-refractivity contribution >= 4 is 5.97 Å². The van der Waals surface area contributed by atoms with Gasteiger partial charge in [0.25, 0.3) is 0 Å². The van der Waals surface area contributed by atoms with Crippen molar-refractivity contribution in [2.45, 2.75) is 97.3 Å². The zero-order chi connectivity index (χ0) is 17.2. The zero-order valence-electron chi connectivity index (χ0n) is 15.4. The molecule has 1 N–H and O–H groups in total.